The lowest BCUT2D eigenvalue weighted by Crippen LogP contribution is -1.79. The third-order valence-electron chi connectivity index (χ3n) is 1.73. The topological polar surface area (TPSA) is 26.0 Å². The standard InChI is InChI=1S/C9H4BrCl2NO/c10-7-8(13-14-9(7)12)5-3-1-2-4-6(5)11/h1-4H. The molecule has 0 fully saturated rings. The minimum Gasteiger partial charge on any atom is -0.343 e. The molecule has 0 amide bonds. The predicted octanol–water partition coefficient (Wildman–Crippen LogP) is 4.41. The van der Waals surface area contributed by atoms with Gasteiger partial charge in [-0.05, 0) is 33.6 Å². The maximum atomic E-state index is 5.99. The molecule has 2 nitrogen and oxygen atoms in total. The Hall–Kier alpha value is -0.510. The fraction of sp³-hybridized carbons (Fsp3) is 0. The Labute approximate surface area is 98.9 Å². The second-order valence-corrected chi connectivity index (χ2v) is 4.14. The largest absolute Gasteiger partial charge is 0.343 e. The van der Waals surface area contributed by atoms with Crippen molar-refractivity contribution in [1.82, 2.24) is 5.16 Å². The zero-order chi connectivity index (χ0) is 10.1. The molecular weight excluding hydrogens is 289 g/mol. The van der Waals surface area contributed by atoms with E-state index in [4.69, 9.17) is 27.7 Å². The van der Waals surface area contributed by atoms with Crippen LogP contribution in [0.4, 0.5) is 0 Å². The van der Waals surface area contributed by atoms with Crippen LogP contribution in [0.15, 0.2) is 33.3 Å². The number of hydrogen-bond donors (Lipinski definition) is 0. The minimum absolute atomic E-state index is 0.222. The lowest BCUT2D eigenvalue weighted by atomic mass is 10.1. The molecule has 5 heteroatoms. The average molecular weight is 293 g/mol. The Morgan fingerprint density at radius 1 is 1.21 bits per heavy atom. The Morgan fingerprint density at radius 3 is 2.50 bits per heavy atom. The van der Waals surface area contributed by atoms with Gasteiger partial charge in [-0.1, -0.05) is 35.0 Å². The zero-order valence-electron chi connectivity index (χ0n) is 6.80. The third-order valence-corrected chi connectivity index (χ3v) is 3.28. The third kappa shape index (κ3) is 1.67. The first-order valence-corrected chi connectivity index (χ1v) is 5.30. The van der Waals surface area contributed by atoms with Crippen LogP contribution in [0.1, 0.15) is 0 Å². The molecule has 0 bridgehead atoms. The summed E-state index contributed by atoms with van der Waals surface area (Å²) in [4.78, 5) is 0. The van der Waals surface area contributed by atoms with Gasteiger partial charge in [0.1, 0.15) is 10.2 Å². The highest BCUT2D eigenvalue weighted by atomic mass is 79.9. The molecule has 0 aliphatic rings. The van der Waals surface area contributed by atoms with Gasteiger partial charge in [0.25, 0.3) is 0 Å². The van der Waals surface area contributed by atoms with E-state index in [2.05, 4.69) is 21.1 Å². The first kappa shape index (κ1) is 10.0. The van der Waals surface area contributed by atoms with Gasteiger partial charge in [-0.15, -0.1) is 0 Å². The minimum atomic E-state index is 0.222. The number of nitrogens with zero attached hydrogens (tertiary/aromatic N) is 1. The Bertz CT molecular complexity index is 470. The van der Waals surface area contributed by atoms with Crippen molar-refractivity contribution in [3.63, 3.8) is 0 Å². The first-order valence-electron chi connectivity index (χ1n) is 3.75. The van der Waals surface area contributed by atoms with E-state index < -0.39 is 0 Å². The molecule has 2 aromatic rings. The molecule has 0 radical (unpaired) electrons. The molecule has 0 unspecified atom stereocenters. The van der Waals surface area contributed by atoms with Crippen LogP contribution in [-0.2, 0) is 0 Å². The summed E-state index contributed by atoms with van der Waals surface area (Å²) in [7, 11) is 0. The highest BCUT2D eigenvalue weighted by Crippen LogP contribution is 2.36. The van der Waals surface area contributed by atoms with Crippen molar-refractivity contribution >= 4 is 39.1 Å². The van der Waals surface area contributed by atoms with E-state index in [1.165, 1.54) is 0 Å². The van der Waals surface area contributed by atoms with Gasteiger partial charge in [-0.2, -0.15) is 0 Å². The number of halogens is 3. The monoisotopic (exact) mass is 291 g/mol. The van der Waals surface area contributed by atoms with Crippen molar-refractivity contribution in [1.29, 1.82) is 0 Å². The summed E-state index contributed by atoms with van der Waals surface area (Å²) >= 11 is 15.0. The molecule has 1 heterocycles. The molecule has 0 saturated heterocycles. The van der Waals surface area contributed by atoms with Gasteiger partial charge in [0.05, 0.1) is 5.02 Å². The second-order valence-electron chi connectivity index (χ2n) is 2.60. The van der Waals surface area contributed by atoms with Crippen molar-refractivity contribution in [2.45, 2.75) is 0 Å². The van der Waals surface area contributed by atoms with Crippen LogP contribution in [0.25, 0.3) is 11.3 Å². The molecule has 0 saturated carbocycles. The molecule has 2 rings (SSSR count). The quantitative estimate of drug-likeness (QED) is 0.778. The molecule has 72 valence electrons. The van der Waals surface area contributed by atoms with E-state index in [1.807, 2.05) is 18.2 Å². The van der Waals surface area contributed by atoms with E-state index in [-0.39, 0.29) is 5.22 Å². The molecule has 0 N–H and O–H groups in total. The molecule has 0 aliphatic carbocycles. The summed E-state index contributed by atoms with van der Waals surface area (Å²) in [6.45, 7) is 0. The van der Waals surface area contributed by atoms with Gasteiger partial charge in [-0.25, -0.2) is 0 Å². The maximum absolute atomic E-state index is 5.99. The molecule has 0 aliphatic heterocycles. The number of hydrogen-bond acceptors (Lipinski definition) is 2. The van der Waals surface area contributed by atoms with Gasteiger partial charge >= 0.3 is 0 Å². The summed E-state index contributed by atoms with van der Waals surface area (Å²) in [6.07, 6.45) is 0. The van der Waals surface area contributed by atoms with Crippen LogP contribution in [0, 0.1) is 0 Å². The van der Waals surface area contributed by atoms with E-state index >= 15 is 0 Å². The van der Waals surface area contributed by atoms with Gasteiger partial charge in [-0.3, -0.25) is 0 Å². The van der Waals surface area contributed by atoms with Crippen molar-refractivity contribution in [2.75, 3.05) is 0 Å². The lowest BCUT2D eigenvalue weighted by Gasteiger charge is -1.98. The summed E-state index contributed by atoms with van der Waals surface area (Å²) < 4.78 is 5.43. The van der Waals surface area contributed by atoms with Gasteiger partial charge in [0, 0.05) is 5.56 Å². The predicted molar refractivity (Wildman–Crippen MR) is 59.7 cm³/mol. The van der Waals surface area contributed by atoms with Crippen LogP contribution in [0.3, 0.4) is 0 Å². The summed E-state index contributed by atoms with van der Waals surface area (Å²) in [5, 5.41) is 4.64. The number of aromatic nitrogens is 1. The van der Waals surface area contributed by atoms with Gasteiger partial charge in [0.15, 0.2) is 0 Å². The van der Waals surface area contributed by atoms with E-state index in [1.54, 1.807) is 6.07 Å². The van der Waals surface area contributed by atoms with E-state index in [0.29, 0.717) is 15.2 Å². The molecule has 1 aromatic heterocycles. The highest BCUT2D eigenvalue weighted by Gasteiger charge is 2.15. The van der Waals surface area contributed by atoms with Crippen molar-refractivity contribution in [3.05, 3.63) is 39.0 Å². The van der Waals surface area contributed by atoms with Crippen LogP contribution < -0.4 is 0 Å². The van der Waals surface area contributed by atoms with E-state index in [9.17, 15) is 0 Å². The smallest absolute Gasteiger partial charge is 0.240 e. The fourth-order valence-corrected chi connectivity index (χ4v) is 1.79. The zero-order valence-corrected chi connectivity index (χ0v) is 9.90. The molecular formula is C9H4BrCl2NO. The van der Waals surface area contributed by atoms with Crippen molar-refractivity contribution in [2.24, 2.45) is 0 Å². The van der Waals surface area contributed by atoms with Crippen LogP contribution >= 0.6 is 39.1 Å². The average Bonchev–Trinajstić information content (AvgIpc) is 2.49. The van der Waals surface area contributed by atoms with Crippen LogP contribution in [0.2, 0.25) is 10.2 Å². The Balaban J connectivity index is 2.60. The van der Waals surface area contributed by atoms with E-state index in [0.717, 1.165) is 5.56 Å². The maximum Gasteiger partial charge on any atom is 0.240 e. The van der Waals surface area contributed by atoms with Crippen molar-refractivity contribution in [3.8, 4) is 11.3 Å². The molecule has 1 aromatic carbocycles. The SMILES string of the molecule is Clc1ccccc1-c1noc(Cl)c1Br. The van der Waals surface area contributed by atoms with Gasteiger partial charge < -0.3 is 4.52 Å². The Morgan fingerprint density at radius 2 is 1.93 bits per heavy atom. The molecule has 14 heavy (non-hydrogen) atoms. The van der Waals surface area contributed by atoms with Gasteiger partial charge in [0.2, 0.25) is 5.22 Å². The number of benzene rings is 1. The molecule has 0 atom stereocenters. The van der Waals surface area contributed by atoms with Crippen molar-refractivity contribution < 1.29 is 4.52 Å². The summed E-state index contributed by atoms with van der Waals surface area (Å²) in [5.41, 5.74) is 1.40. The number of rotatable bonds is 1. The lowest BCUT2D eigenvalue weighted by molar-refractivity contribution is 0.423. The Kier molecular flexibility index (Phi) is 2.81. The summed E-state index contributed by atoms with van der Waals surface area (Å²) in [5.74, 6) is 0. The first-order chi connectivity index (χ1) is 6.70. The summed E-state index contributed by atoms with van der Waals surface area (Å²) in [6, 6.07) is 7.35. The fourth-order valence-electron chi connectivity index (χ4n) is 1.08. The molecule has 0 spiro atoms. The van der Waals surface area contributed by atoms with Crippen LogP contribution in [0.5, 0.6) is 0 Å². The second kappa shape index (κ2) is 3.93. The highest BCUT2D eigenvalue weighted by molar-refractivity contribution is 9.10. The van der Waals surface area contributed by atoms with Crippen LogP contribution in [-0.4, -0.2) is 5.16 Å². The normalized spacial score (nSPS) is 10.5.